The molecule has 5 rings (SSSR count). The Labute approximate surface area is 240 Å². The van der Waals surface area contributed by atoms with Crippen LogP contribution >= 0.6 is 0 Å². The van der Waals surface area contributed by atoms with Crippen molar-refractivity contribution in [1.29, 1.82) is 0 Å². The maximum absolute atomic E-state index is 15.7. The lowest BCUT2D eigenvalue weighted by molar-refractivity contribution is -0.166. The van der Waals surface area contributed by atoms with Crippen molar-refractivity contribution in [3.63, 3.8) is 0 Å². The average molecular weight is 656 g/mol. The highest BCUT2D eigenvalue weighted by molar-refractivity contribution is 6.18. The summed E-state index contributed by atoms with van der Waals surface area (Å²) < 4.78 is 178. The van der Waals surface area contributed by atoms with Crippen molar-refractivity contribution in [3.05, 3.63) is 104 Å². The van der Waals surface area contributed by atoms with Crippen LogP contribution in [0.4, 0.5) is 52.7 Å². The summed E-state index contributed by atoms with van der Waals surface area (Å²) in [6.07, 6.45) is -22.2. The highest BCUT2D eigenvalue weighted by atomic mass is 19.4. The van der Waals surface area contributed by atoms with Crippen LogP contribution < -0.4 is 0 Å². The Kier molecular flexibility index (Phi) is 6.69. The molecule has 0 saturated carbocycles. The Morgan fingerprint density at radius 1 is 0.378 bits per heavy atom. The topological polar surface area (TPSA) is 86.7 Å². The standard InChI is InChI=1S/C27H8F12O6/c28-24(29,30)10-3-1-9(2-4-10)23(27(37,38)39,11-5-7-13(25(31,32)33)17-15(11)19(40)44-21(17)42)12-6-8-14(26(34,35)36)18-16(12)20(41)45-22(18)43/h1-8H. The molecule has 0 bridgehead atoms. The molecule has 18 heteroatoms. The molecular weight excluding hydrogens is 648 g/mol. The highest BCUT2D eigenvalue weighted by Gasteiger charge is 2.64. The highest BCUT2D eigenvalue weighted by Crippen LogP contribution is 2.56. The fraction of sp³-hybridized carbons (Fsp3) is 0.185. The molecule has 0 atom stereocenters. The second-order valence-corrected chi connectivity index (χ2v) is 9.49. The van der Waals surface area contributed by atoms with Gasteiger partial charge in [0.15, 0.2) is 0 Å². The zero-order valence-corrected chi connectivity index (χ0v) is 21.1. The van der Waals surface area contributed by atoms with Crippen molar-refractivity contribution in [2.75, 3.05) is 0 Å². The number of fused-ring (bicyclic) bond motifs is 2. The Morgan fingerprint density at radius 3 is 0.956 bits per heavy atom. The summed E-state index contributed by atoms with van der Waals surface area (Å²) >= 11 is 0. The Bertz CT molecular complexity index is 1720. The minimum Gasteiger partial charge on any atom is -0.386 e. The summed E-state index contributed by atoms with van der Waals surface area (Å²) in [6.45, 7) is 0. The third kappa shape index (κ3) is 4.61. The van der Waals surface area contributed by atoms with Crippen molar-refractivity contribution in [2.45, 2.75) is 30.1 Å². The van der Waals surface area contributed by atoms with Gasteiger partial charge in [0.05, 0.1) is 38.9 Å². The maximum Gasteiger partial charge on any atom is 0.417 e. The first kappa shape index (κ1) is 31.5. The van der Waals surface area contributed by atoms with Gasteiger partial charge < -0.3 is 9.47 Å². The lowest BCUT2D eigenvalue weighted by Gasteiger charge is -2.39. The summed E-state index contributed by atoms with van der Waals surface area (Å²) in [4.78, 5) is 50.1. The maximum atomic E-state index is 15.7. The van der Waals surface area contributed by atoms with E-state index >= 15 is 13.2 Å². The lowest BCUT2D eigenvalue weighted by Crippen LogP contribution is -2.47. The number of halogens is 12. The van der Waals surface area contributed by atoms with Gasteiger partial charge in [0.2, 0.25) is 0 Å². The second kappa shape index (κ2) is 9.55. The minimum atomic E-state index is -6.06. The number of ether oxygens (including phenoxy) is 2. The van der Waals surface area contributed by atoms with Gasteiger partial charge in [0.25, 0.3) is 0 Å². The molecule has 0 radical (unpaired) electrons. The van der Waals surface area contributed by atoms with E-state index in [9.17, 15) is 58.7 Å². The van der Waals surface area contributed by atoms with Crippen LogP contribution in [0.3, 0.4) is 0 Å². The third-order valence-corrected chi connectivity index (χ3v) is 7.09. The number of benzene rings is 3. The molecule has 0 fully saturated rings. The molecule has 0 saturated heterocycles. The van der Waals surface area contributed by atoms with E-state index in [0.29, 0.717) is 0 Å². The summed E-state index contributed by atoms with van der Waals surface area (Å²) in [6, 6.07) is 0.300. The Morgan fingerprint density at radius 2 is 0.667 bits per heavy atom. The van der Waals surface area contributed by atoms with E-state index in [0.717, 1.165) is 0 Å². The van der Waals surface area contributed by atoms with Gasteiger partial charge in [-0.1, -0.05) is 24.3 Å². The lowest BCUT2D eigenvalue weighted by atomic mass is 9.64. The average Bonchev–Trinajstić information content (AvgIpc) is 3.36. The quantitative estimate of drug-likeness (QED) is 0.128. The van der Waals surface area contributed by atoms with Crippen LogP contribution in [0, 0.1) is 0 Å². The third-order valence-electron chi connectivity index (χ3n) is 7.09. The monoisotopic (exact) mass is 656 g/mol. The molecule has 6 nitrogen and oxygen atoms in total. The predicted octanol–water partition coefficient (Wildman–Crippen LogP) is 7.26. The molecule has 0 amide bonds. The van der Waals surface area contributed by atoms with Gasteiger partial charge >= 0.3 is 48.6 Å². The molecule has 0 aliphatic carbocycles. The summed E-state index contributed by atoms with van der Waals surface area (Å²) in [7, 11) is 0. The van der Waals surface area contributed by atoms with E-state index in [4.69, 9.17) is 0 Å². The smallest absolute Gasteiger partial charge is 0.386 e. The first-order valence-electron chi connectivity index (χ1n) is 11.8. The SMILES string of the molecule is O=C1OC(=O)c2c(C(c3ccc(C(F)(F)F)cc3)(c3ccc(C(F)(F)F)c4c3C(=O)OC4=O)C(F)(F)F)ccc(C(F)(F)F)c21. The molecule has 0 N–H and O–H groups in total. The van der Waals surface area contributed by atoms with Gasteiger partial charge in [-0.3, -0.25) is 0 Å². The van der Waals surface area contributed by atoms with Gasteiger partial charge in [-0.25, -0.2) is 19.2 Å². The zero-order valence-electron chi connectivity index (χ0n) is 21.1. The van der Waals surface area contributed by atoms with Crippen molar-refractivity contribution in [1.82, 2.24) is 0 Å². The number of alkyl halides is 12. The normalized spacial score (nSPS) is 15.6. The molecule has 3 aromatic rings. The van der Waals surface area contributed by atoms with Gasteiger partial charge in [-0.05, 0) is 41.0 Å². The number of esters is 4. The Balaban J connectivity index is 2.04. The molecular formula is C27H8F12O6. The fourth-order valence-corrected chi connectivity index (χ4v) is 5.36. The van der Waals surface area contributed by atoms with E-state index in [1.807, 2.05) is 0 Å². The summed E-state index contributed by atoms with van der Waals surface area (Å²) in [5, 5.41) is 0. The number of carbonyl (C=O) groups is 4. The van der Waals surface area contributed by atoms with E-state index < -0.39 is 110 Å². The van der Waals surface area contributed by atoms with Gasteiger partial charge in [-0.2, -0.15) is 52.7 Å². The van der Waals surface area contributed by atoms with Crippen LogP contribution in [0.25, 0.3) is 0 Å². The molecule has 3 aromatic carbocycles. The molecule has 2 aliphatic heterocycles. The van der Waals surface area contributed by atoms with Crippen LogP contribution in [0.5, 0.6) is 0 Å². The van der Waals surface area contributed by atoms with Gasteiger partial charge in [-0.15, -0.1) is 0 Å². The van der Waals surface area contributed by atoms with Crippen LogP contribution in [0.15, 0.2) is 48.5 Å². The van der Waals surface area contributed by atoms with Crippen LogP contribution in [-0.2, 0) is 33.4 Å². The van der Waals surface area contributed by atoms with Crippen molar-refractivity contribution in [3.8, 4) is 0 Å². The Hall–Kier alpha value is -4.90. The molecule has 2 aliphatic rings. The van der Waals surface area contributed by atoms with Gasteiger partial charge in [0, 0.05) is 0 Å². The fourth-order valence-electron chi connectivity index (χ4n) is 5.36. The first-order chi connectivity index (χ1) is 20.5. The minimum absolute atomic E-state index is 0.0127. The summed E-state index contributed by atoms with van der Waals surface area (Å²) in [5.74, 6) is -8.31. The van der Waals surface area contributed by atoms with Crippen molar-refractivity contribution < 1.29 is 81.3 Å². The van der Waals surface area contributed by atoms with Crippen LogP contribution in [-0.4, -0.2) is 30.1 Å². The molecule has 0 aromatic heterocycles. The summed E-state index contributed by atoms with van der Waals surface area (Å²) in [5.41, 5.74) is -21.4. The molecule has 236 valence electrons. The van der Waals surface area contributed by atoms with E-state index in [1.54, 1.807) is 0 Å². The number of cyclic esters (lactones) is 4. The predicted molar refractivity (Wildman–Crippen MR) is 120 cm³/mol. The van der Waals surface area contributed by atoms with E-state index in [1.165, 1.54) is 0 Å². The van der Waals surface area contributed by atoms with Crippen molar-refractivity contribution >= 4 is 23.9 Å². The molecule has 0 spiro atoms. The van der Waals surface area contributed by atoms with Crippen molar-refractivity contribution in [2.24, 2.45) is 0 Å². The second-order valence-electron chi connectivity index (χ2n) is 9.49. The molecule has 45 heavy (non-hydrogen) atoms. The van der Waals surface area contributed by atoms with E-state index in [2.05, 4.69) is 9.47 Å². The first-order valence-corrected chi connectivity index (χ1v) is 11.8. The van der Waals surface area contributed by atoms with Crippen LogP contribution in [0.2, 0.25) is 0 Å². The van der Waals surface area contributed by atoms with Crippen LogP contribution in [0.1, 0.15) is 74.8 Å². The zero-order chi connectivity index (χ0) is 33.7. The largest absolute Gasteiger partial charge is 0.417 e. The van der Waals surface area contributed by atoms with Gasteiger partial charge in [0.1, 0.15) is 5.41 Å². The number of hydrogen-bond donors (Lipinski definition) is 0. The number of hydrogen-bond acceptors (Lipinski definition) is 6. The number of rotatable bonds is 3. The molecule has 2 heterocycles. The van der Waals surface area contributed by atoms with E-state index in [-0.39, 0.29) is 48.5 Å². The molecule has 0 unspecified atom stereocenters. The number of carbonyl (C=O) groups excluding carboxylic acids is 4.